The molecule has 3 N–H and O–H groups in total. The molecular formula is C28H23N2O7S2+. The Hall–Kier alpha value is -4.42. The number of hydrogen-bond donors (Lipinski definition) is 3. The lowest BCUT2D eigenvalue weighted by molar-refractivity contribution is -0.427. The highest BCUT2D eigenvalue weighted by Crippen LogP contribution is 2.25. The smallest absolute Gasteiger partial charge is 0.282 e. The van der Waals surface area contributed by atoms with Gasteiger partial charge in [0.25, 0.3) is 25.9 Å². The first kappa shape index (κ1) is 27.6. The summed E-state index contributed by atoms with van der Waals surface area (Å²) in [5.41, 5.74) is 4.92. The molecule has 0 aliphatic heterocycles. The highest BCUT2D eigenvalue weighted by molar-refractivity contribution is 7.86. The fourth-order valence-corrected chi connectivity index (χ4v) is 5.05. The highest BCUT2D eigenvalue weighted by Gasteiger charge is 2.19. The van der Waals surface area contributed by atoms with Gasteiger partial charge in [0, 0.05) is 12.1 Å². The lowest BCUT2D eigenvalue weighted by atomic mass is 10.1. The monoisotopic (exact) mass is 563 g/mol. The number of nitrogens with zero attached hydrogens (tertiary/aromatic N) is 1. The quantitative estimate of drug-likeness (QED) is 0.0981. The van der Waals surface area contributed by atoms with Crippen LogP contribution in [0.2, 0.25) is 0 Å². The van der Waals surface area contributed by atoms with Gasteiger partial charge < -0.3 is 0 Å². The van der Waals surface area contributed by atoms with Crippen LogP contribution in [0.4, 0.5) is 11.4 Å². The first-order valence-corrected chi connectivity index (χ1v) is 14.3. The highest BCUT2D eigenvalue weighted by atomic mass is 32.2. The number of nitroso groups, excluding NO2 is 1. The van der Waals surface area contributed by atoms with Crippen molar-refractivity contribution in [2.75, 3.05) is 5.43 Å². The number of rotatable bonds is 9. The van der Waals surface area contributed by atoms with E-state index in [2.05, 4.69) is 5.43 Å². The van der Waals surface area contributed by atoms with Gasteiger partial charge in [-0.1, -0.05) is 78.9 Å². The Bertz CT molecular complexity index is 1780. The van der Waals surface area contributed by atoms with Crippen molar-refractivity contribution in [2.45, 2.75) is 9.79 Å². The molecule has 0 bridgehead atoms. The van der Waals surface area contributed by atoms with Gasteiger partial charge in [0.2, 0.25) is 0 Å². The van der Waals surface area contributed by atoms with Crippen molar-refractivity contribution in [3.8, 4) is 0 Å². The van der Waals surface area contributed by atoms with Crippen LogP contribution in [0.3, 0.4) is 0 Å². The Morgan fingerprint density at radius 1 is 0.590 bits per heavy atom. The molecule has 0 atom stereocenters. The van der Waals surface area contributed by atoms with Gasteiger partial charge in [-0.15, -0.1) is 5.43 Å². The summed E-state index contributed by atoms with van der Waals surface area (Å²) in [6.45, 7) is 0. The van der Waals surface area contributed by atoms with E-state index in [1.807, 2.05) is 30.3 Å². The molecule has 0 aromatic heterocycles. The van der Waals surface area contributed by atoms with Crippen LogP contribution in [-0.4, -0.2) is 30.8 Å². The normalized spacial score (nSPS) is 12.2. The molecule has 0 radical (unpaired) electrons. The SMILES string of the molecule is O=[N+](Nc1ccc(/C=C/c2ccccc2)c(S(=O)(=O)O)c1)c1ccc(/C=C/c2ccccc2S(=O)(=O)O)cc1. The van der Waals surface area contributed by atoms with Gasteiger partial charge in [0.1, 0.15) is 15.5 Å². The maximum Gasteiger partial charge on any atom is 0.295 e. The molecule has 0 amide bonds. The third kappa shape index (κ3) is 7.33. The third-order valence-electron chi connectivity index (χ3n) is 5.56. The minimum absolute atomic E-state index is 0.139. The summed E-state index contributed by atoms with van der Waals surface area (Å²) < 4.78 is 66.2. The summed E-state index contributed by atoms with van der Waals surface area (Å²) in [5, 5.41) is 0. The van der Waals surface area contributed by atoms with Gasteiger partial charge >= 0.3 is 0 Å². The molecule has 0 saturated heterocycles. The molecule has 0 saturated carbocycles. The molecule has 0 unspecified atom stereocenters. The maximum absolute atomic E-state index is 12.7. The van der Waals surface area contributed by atoms with Gasteiger partial charge in [0.05, 0.1) is 4.91 Å². The van der Waals surface area contributed by atoms with E-state index >= 15 is 0 Å². The van der Waals surface area contributed by atoms with Crippen molar-refractivity contribution in [3.05, 3.63) is 124 Å². The summed E-state index contributed by atoms with van der Waals surface area (Å²) in [4.78, 5) is 12.5. The lowest BCUT2D eigenvalue weighted by Gasteiger charge is -2.06. The minimum Gasteiger partial charge on any atom is -0.282 e. The van der Waals surface area contributed by atoms with E-state index in [0.717, 1.165) is 11.6 Å². The number of benzene rings is 4. The molecule has 198 valence electrons. The molecule has 0 aliphatic rings. The Balaban J connectivity index is 1.51. The Morgan fingerprint density at radius 2 is 1.13 bits per heavy atom. The van der Waals surface area contributed by atoms with E-state index in [9.17, 15) is 30.8 Å². The zero-order valence-corrected chi connectivity index (χ0v) is 21.9. The molecule has 4 aromatic rings. The molecule has 4 rings (SSSR count). The molecule has 9 nitrogen and oxygen atoms in total. The predicted octanol–water partition coefficient (Wildman–Crippen LogP) is 5.96. The molecule has 0 aliphatic carbocycles. The molecule has 39 heavy (non-hydrogen) atoms. The van der Waals surface area contributed by atoms with Crippen LogP contribution in [0, 0.1) is 4.91 Å². The van der Waals surface area contributed by atoms with E-state index < -0.39 is 20.2 Å². The summed E-state index contributed by atoms with van der Waals surface area (Å²) in [6.07, 6.45) is 6.40. The molecular weight excluding hydrogens is 540 g/mol. The number of anilines is 1. The van der Waals surface area contributed by atoms with Crippen molar-refractivity contribution >= 4 is 55.9 Å². The maximum atomic E-state index is 12.7. The van der Waals surface area contributed by atoms with Crippen LogP contribution in [0.15, 0.2) is 107 Å². The zero-order chi connectivity index (χ0) is 28.0. The van der Waals surface area contributed by atoms with Gasteiger partial charge in [-0.3, -0.25) is 9.11 Å². The summed E-state index contributed by atoms with van der Waals surface area (Å²) in [7, 11) is -8.96. The second-order valence-electron chi connectivity index (χ2n) is 8.32. The molecule has 0 fully saturated rings. The lowest BCUT2D eigenvalue weighted by Crippen LogP contribution is -2.11. The average molecular weight is 564 g/mol. The van der Waals surface area contributed by atoms with Crippen molar-refractivity contribution < 1.29 is 30.8 Å². The van der Waals surface area contributed by atoms with Crippen LogP contribution in [0.1, 0.15) is 22.3 Å². The van der Waals surface area contributed by atoms with Crippen LogP contribution in [0.25, 0.3) is 24.3 Å². The Morgan fingerprint density at radius 3 is 1.74 bits per heavy atom. The van der Waals surface area contributed by atoms with Gasteiger partial charge in [-0.25, -0.2) is 0 Å². The first-order valence-electron chi connectivity index (χ1n) is 11.4. The minimum atomic E-state index is -4.58. The van der Waals surface area contributed by atoms with E-state index in [0.29, 0.717) is 16.0 Å². The van der Waals surface area contributed by atoms with Crippen molar-refractivity contribution in [1.29, 1.82) is 0 Å². The molecule has 0 spiro atoms. The van der Waals surface area contributed by atoms with E-state index in [1.54, 1.807) is 42.5 Å². The number of hydrogen-bond acceptors (Lipinski definition) is 5. The number of hydrazine groups is 1. The number of nitrogens with one attached hydrogen (secondary N) is 1. The summed E-state index contributed by atoms with van der Waals surface area (Å²) in [5.74, 6) is 0. The largest absolute Gasteiger partial charge is 0.295 e. The topological polar surface area (TPSA) is 141 Å². The second kappa shape index (κ2) is 11.5. The fraction of sp³-hybridized carbons (Fsp3) is 0. The van der Waals surface area contributed by atoms with Crippen LogP contribution < -0.4 is 5.43 Å². The standard InChI is InChI=1S/C28H22N2O7S2/c31-30(26-18-12-22(13-19-26)11-14-23-8-4-5-9-27(23)38(32,33)34)29-25-17-16-24(28(20-25)39(35,36)37)15-10-21-6-2-1-3-7-21/h1-20H,(H2-,29,31,32,33,34,35,36,37)/p+1/b14-11+,15-10+. The van der Waals surface area contributed by atoms with Crippen LogP contribution in [-0.2, 0) is 20.2 Å². The van der Waals surface area contributed by atoms with E-state index in [-0.39, 0.29) is 26.7 Å². The fourth-order valence-electron chi connectivity index (χ4n) is 3.66. The molecule has 4 aromatic carbocycles. The van der Waals surface area contributed by atoms with Gasteiger partial charge in [-0.2, -0.15) is 16.8 Å². The molecule has 11 heteroatoms. The zero-order valence-electron chi connectivity index (χ0n) is 20.2. The van der Waals surface area contributed by atoms with Crippen LogP contribution in [0.5, 0.6) is 0 Å². The Labute approximate surface area is 225 Å². The van der Waals surface area contributed by atoms with E-state index in [4.69, 9.17) is 0 Å². The third-order valence-corrected chi connectivity index (χ3v) is 7.39. The Kier molecular flexibility index (Phi) is 8.17. The van der Waals surface area contributed by atoms with Gasteiger partial charge in [0.15, 0.2) is 4.87 Å². The first-order chi connectivity index (χ1) is 18.5. The van der Waals surface area contributed by atoms with Crippen molar-refractivity contribution in [2.24, 2.45) is 0 Å². The predicted molar refractivity (Wildman–Crippen MR) is 150 cm³/mol. The van der Waals surface area contributed by atoms with Gasteiger partial charge in [-0.05, 0) is 52.6 Å². The summed E-state index contributed by atoms with van der Waals surface area (Å²) >= 11 is 0. The molecule has 0 heterocycles. The second-order valence-corrected chi connectivity index (χ2v) is 11.1. The van der Waals surface area contributed by atoms with E-state index in [1.165, 1.54) is 42.5 Å². The van der Waals surface area contributed by atoms with Crippen LogP contribution >= 0.6 is 0 Å². The van der Waals surface area contributed by atoms with Crippen molar-refractivity contribution in [1.82, 2.24) is 0 Å². The van der Waals surface area contributed by atoms with Crippen molar-refractivity contribution in [3.63, 3.8) is 0 Å². The summed E-state index contributed by atoms with van der Waals surface area (Å²) in [6, 6.07) is 25.6. The average Bonchev–Trinajstić information content (AvgIpc) is 2.91.